The van der Waals surface area contributed by atoms with Crippen LogP contribution in [0.25, 0.3) is 0 Å². The number of carbonyl (C=O) groups excluding carboxylic acids is 1. The van der Waals surface area contributed by atoms with Gasteiger partial charge in [0.05, 0.1) is 23.4 Å². The molecule has 1 fully saturated rings. The summed E-state index contributed by atoms with van der Waals surface area (Å²) in [7, 11) is 0. The zero-order valence-electron chi connectivity index (χ0n) is 12.7. The highest BCUT2D eigenvalue weighted by Crippen LogP contribution is 2.26. The van der Waals surface area contributed by atoms with E-state index in [-0.39, 0.29) is 24.9 Å². The molecule has 5 nitrogen and oxygen atoms in total. The lowest BCUT2D eigenvalue weighted by molar-refractivity contribution is -0.142. The number of ether oxygens (including phenoxy) is 1. The normalized spacial score (nSPS) is 21.0. The SMILES string of the molecule is Cc1ccc(OCCC(=O)N2C[C@@H](C)[C@H](C(=O)O)C2)c(Br)c1. The summed E-state index contributed by atoms with van der Waals surface area (Å²) in [5.41, 5.74) is 1.13. The first-order chi connectivity index (χ1) is 10.4. The van der Waals surface area contributed by atoms with E-state index < -0.39 is 11.9 Å². The predicted octanol–water partition coefficient (Wildman–Crippen LogP) is 2.71. The fourth-order valence-electron chi connectivity index (χ4n) is 2.62. The van der Waals surface area contributed by atoms with Gasteiger partial charge in [0.2, 0.25) is 5.91 Å². The van der Waals surface area contributed by atoms with Crippen molar-refractivity contribution in [3.8, 4) is 5.75 Å². The van der Waals surface area contributed by atoms with E-state index in [2.05, 4.69) is 15.9 Å². The number of aliphatic carboxylic acids is 1. The standard InChI is InChI=1S/C16H20BrNO4/c1-10-3-4-14(13(17)7-10)22-6-5-15(19)18-8-11(2)12(9-18)16(20)21/h3-4,7,11-12H,5-6,8-9H2,1-2H3,(H,20,21)/t11-,12-/m1/s1. The van der Waals surface area contributed by atoms with E-state index in [9.17, 15) is 9.59 Å². The first kappa shape index (κ1) is 16.8. The molecule has 0 saturated carbocycles. The Balaban J connectivity index is 1.82. The van der Waals surface area contributed by atoms with Crippen molar-refractivity contribution in [2.75, 3.05) is 19.7 Å². The van der Waals surface area contributed by atoms with Gasteiger partial charge < -0.3 is 14.7 Å². The van der Waals surface area contributed by atoms with Crippen molar-refractivity contribution in [2.24, 2.45) is 11.8 Å². The number of nitrogens with zero attached hydrogens (tertiary/aromatic N) is 1. The van der Waals surface area contributed by atoms with E-state index in [0.717, 1.165) is 10.0 Å². The molecule has 1 heterocycles. The van der Waals surface area contributed by atoms with Gasteiger partial charge >= 0.3 is 5.97 Å². The van der Waals surface area contributed by atoms with Crippen LogP contribution in [0.1, 0.15) is 18.9 Å². The van der Waals surface area contributed by atoms with Crippen LogP contribution in [-0.2, 0) is 9.59 Å². The van der Waals surface area contributed by atoms with Crippen LogP contribution < -0.4 is 4.74 Å². The average molecular weight is 370 g/mol. The third-order valence-corrected chi connectivity index (χ3v) is 4.56. The van der Waals surface area contributed by atoms with Crippen LogP contribution in [0.3, 0.4) is 0 Å². The van der Waals surface area contributed by atoms with Crippen LogP contribution in [-0.4, -0.2) is 41.6 Å². The van der Waals surface area contributed by atoms with Crippen LogP contribution >= 0.6 is 15.9 Å². The van der Waals surface area contributed by atoms with Gasteiger partial charge in [-0.3, -0.25) is 9.59 Å². The molecule has 1 N–H and O–H groups in total. The second kappa shape index (κ2) is 7.13. The Morgan fingerprint density at radius 2 is 2.14 bits per heavy atom. The van der Waals surface area contributed by atoms with E-state index >= 15 is 0 Å². The van der Waals surface area contributed by atoms with Crippen LogP contribution in [0, 0.1) is 18.8 Å². The first-order valence-electron chi connectivity index (χ1n) is 7.28. The quantitative estimate of drug-likeness (QED) is 0.866. The molecule has 0 radical (unpaired) electrons. The largest absolute Gasteiger partial charge is 0.492 e. The number of likely N-dealkylation sites (tertiary alicyclic amines) is 1. The summed E-state index contributed by atoms with van der Waals surface area (Å²) in [5, 5.41) is 9.09. The molecule has 6 heteroatoms. The highest BCUT2D eigenvalue weighted by atomic mass is 79.9. The van der Waals surface area contributed by atoms with Gasteiger partial charge in [-0.2, -0.15) is 0 Å². The van der Waals surface area contributed by atoms with Gasteiger partial charge in [0.15, 0.2) is 0 Å². The average Bonchev–Trinajstić information content (AvgIpc) is 2.83. The summed E-state index contributed by atoms with van der Waals surface area (Å²) in [5.74, 6) is -0.650. The first-order valence-corrected chi connectivity index (χ1v) is 8.07. The van der Waals surface area contributed by atoms with Crippen molar-refractivity contribution in [3.05, 3.63) is 28.2 Å². The fourth-order valence-corrected chi connectivity index (χ4v) is 3.23. The molecular formula is C16H20BrNO4. The van der Waals surface area contributed by atoms with Crippen molar-refractivity contribution >= 4 is 27.8 Å². The summed E-state index contributed by atoms with van der Waals surface area (Å²) >= 11 is 3.43. The summed E-state index contributed by atoms with van der Waals surface area (Å²) < 4.78 is 6.47. The van der Waals surface area contributed by atoms with Crippen molar-refractivity contribution < 1.29 is 19.4 Å². The number of carboxylic acid groups (broad SMARTS) is 1. The van der Waals surface area contributed by atoms with Crippen LogP contribution in [0.4, 0.5) is 0 Å². The molecule has 2 atom stereocenters. The van der Waals surface area contributed by atoms with Crippen LogP contribution in [0.15, 0.2) is 22.7 Å². The minimum atomic E-state index is -0.831. The molecule has 1 aliphatic heterocycles. The van der Waals surface area contributed by atoms with E-state index in [1.54, 1.807) is 4.90 Å². The Morgan fingerprint density at radius 1 is 1.41 bits per heavy atom. The summed E-state index contributed by atoms with van der Waals surface area (Å²) in [4.78, 5) is 24.8. The number of rotatable bonds is 5. The smallest absolute Gasteiger partial charge is 0.308 e. The molecular weight excluding hydrogens is 350 g/mol. The van der Waals surface area contributed by atoms with E-state index in [0.29, 0.717) is 18.8 Å². The molecule has 0 bridgehead atoms. The topological polar surface area (TPSA) is 66.8 Å². The second-order valence-electron chi connectivity index (χ2n) is 5.75. The monoisotopic (exact) mass is 369 g/mol. The van der Waals surface area contributed by atoms with Gasteiger partial charge in [0.1, 0.15) is 5.75 Å². The number of carboxylic acids is 1. The number of hydrogen-bond acceptors (Lipinski definition) is 3. The molecule has 0 spiro atoms. The number of benzene rings is 1. The molecule has 22 heavy (non-hydrogen) atoms. The molecule has 1 aromatic rings. The molecule has 0 aliphatic carbocycles. The fraction of sp³-hybridized carbons (Fsp3) is 0.500. The minimum absolute atomic E-state index is 0.00592. The molecule has 1 amide bonds. The summed E-state index contributed by atoms with van der Waals surface area (Å²) in [6.07, 6.45) is 0.249. The minimum Gasteiger partial charge on any atom is -0.492 e. The van der Waals surface area contributed by atoms with Crippen molar-refractivity contribution in [1.82, 2.24) is 4.90 Å². The zero-order valence-corrected chi connectivity index (χ0v) is 14.3. The van der Waals surface area contributed by atoms with E-state index in [1.807, 2.05) is 32.0 Å². The Labute approximate surface area is 138 Å². The zero-order chi connectivity index (χ0) is 16.3. The Morgan fingerprint density at radius 3 is 2.73 bits per heavy atom. The molecule has 2 rings (SSSR count). The van der Waals surface area contributed by atoms with Gasteiger partial charge in [-0.05, 0) is 46.5 Å². The van der Waals surface area contributed by atoms with Crippen LogP contribution in [0.2, 0.25) is 0 Å². The number of amides is 1. The molecule has 1 saturated heterocycles. The Kier molecular flexibility index (Phi) is 5.45. The van der Waals surface area contributed by atoms with Gasteiger partial charge in [-0.25, -0.2) is 0 Å². The van der Waals surface area contributed by atoms with Crippen molar-refractivity contribution in [3.63, 3.8) is 0 Å². The van der Waals surface area contributed by atoms with E-state index in [1.165, 1.54) is 0 Å². The lowest BCUT2D eigenvalue weighted by atomic mass is 9.99. The lowest BCUT2D eigenvalue weighted by Crippen LogP contribution is -2.30. The maximum Gasteiger partial charge on any atom is 0.308 e. The highest BCUT2D eigenvalue weighted by Gasteiger charge is 2.36. The molecule has 1 aliphatic rings. The van der Waals surface area contributed by atoms with Gasteiger partial charge in [-0.1, -0.05) is 13.0 Å². The molecule has 0 unspecified atom stereocenters. The Bertz CT molecular complexity index is 575. The molecule has 1 aromatic carbocycles. The van der Waals surface area contributed by atoms with Crippen molar-refractivity contribution in [2.45, 2.75) is 20.3 Å². The number of hydrogen-bond donors (Lipinski definition) is 1. The number of halogens is 1. The van der Waals surface area contributed by atoms with Gasteiger partial charge in [0.25, 0.3) is 0 Å². The third-order valence-electron chi connectivity index (χ3n) is 3.94. The number of carbonyl (C=O) groups is 2. The molecule has 120 valence electrons. The van der Waals surface area contributed by atoms with Crippen molar-refractivity contribution in [1.29, 1.82) is 0 Å². The second-order valence-corrected chi connectivity index (χ2v) is 6.61. The molecule has 0 aromatic heterocycles. The van der Waals surface area contributed by atoms with E-state index in [4.69, 9.17) is 9.84 Å². The maximum absolute atomic E-state index is 12.1. The maximum atomic E-state index is 12.1. The highest BCUT2D eigenvalue weighted by molar-refractivity contribution is 9.10. The Hall–Kier alpha value is -1.56. The third kappa shape index (κ3) is 4.00. The number of aryl methyl sites for hydroxylation is 1. The van der Waals surface area contributed by atoms with Crippen LogP contribution in [0.5, 0.6) is 5.75 Å². The summed E-state index contributed by atoms with van der Waals surface area (Å²) in [6.45, 7) is 4.94. The predicted molar refractivity (Wildman–Crippen MR) is 85.9 cm³/mol. The van der Waals surface area contributed by atoms with Gasteiger partial charge in [-0.15, -0.1) is 0 Å². The van der Waals surface area contributed by atoms with Gasteiger partial charge in [0, 0.05) is 13.1 Å². The lowest BCUT2D eigenvalue weighted by Gasteiger charge is -2.16. The summed E-state index contributed by atoms with van der Waals surface area (Å²) in [6, 6.07) is 5.76.